The molecule has 7 nitrogen and oxygen atoms in total. The molecule has 0 radical (unpaired) electrons. The SMILES string of the molecule is C=CCS(=O)(=O)Nc1nccnc1C(=O)O. The largest absolute Gasteiger partial charge is 0.476 e. The molecule has 0 spiro atoms. The van der Waals surface area contributed by atoms with E-state index in [4.69, 9.17) is 5.11 Å². The number of hydrogen-bond donors (Lipinski definition) is 2. The third-order valence-corrected chi connectivity index (χ3v) is 2.67. The summed E-state index contributed by atoms with van der Waals surface area (Å²) in [4.78, 5) is 17.8. The molecule has 0 saturated heterocycles. The van der Waals surface area contributed by atoms with E-state index < -0.39 is 21.7 Å². The summed E-state index contributed by atoms with van der Waals surface area (Å²) >= 11 is 0. The van der Waals surface area contributed by atoms with Crippen LogP contribution in [0.1, 0.15) is 10.5 Å². The second-order valence-electron chi connectivity index (χ2n) is 2.73. The zero-order valence-corrected chi connectivity index (χ0v) is 8.94. The van der Waals surface area contributed by atoms with Crippen molar-refractivity contribution in [2.24, 2.45) is 0 Å². The van der Waals surface area contributed by atoms with Gasteiger partial charge in [0.1, 0.15) is 0 Å². The number of nitrogens with zero attached hydrogens (tertiary/aromatic N) is 2. The quantitative estimate of drug-likeness (QED) is 0.710. The predicted molar refractivity (Wildman–Crippen MR) is 56.6 cm³/mol. The minimum atomic E-state index is -3.67. The summed E-state index contributed by atoms with van der Waals surface area (Å²) in [6.07, 6.45) is 3.53. The Balaban J connectivity index is 3.06. The Labute approximate surface area is 91.9 Å². The molecule has 0 fully saturated rings. The molecule has 1 aromatic heterocycles. The first kappa shape index (κ1) is 12.1. The minimum Gasteiger partial charge on any atom is -0.476 e. The number of hydrogen-bond acceptors (Lipinski definition) is 5. The molecule has 0 aliphatic rings. The molecule has 0 amide bonds. The number of carboxylic acids is 1. The molecule has 16 heavy (non-hydrogen) atoms. The summed E-state index contributed by atoms with van der Waals surface area (Å²) in [5.41, 5.74) is -0.449. The van der Waals surface area contributed by atoms with Gasteiger partial charge in [-0.3, -0.25) is 4.72 Å². The number of aromatic carboxylic acids is 1. The maximum atomic E-state index is 11.3. The van der Waals surface area contributed by atoms with E-state index in [0.717, 1.165) is 6.20 Å². The van der Waals surface area contributed by atoms with Gasteiger partial charge >= 0.3 is 5.97 Å². The number of aromatic nitrogens is 2. The van der Waals surface area contributed by atoms with Crippen LogP contribution in [0, 0.1) is 0 Å². The third kappa shape index (κ3) is 3.02. The summed E-state index contributed by atoms with van der Waals surface area (Å²) in [5, 5.41) is 8.73. The second-order valence-corrected chi connectivity index (χ2v) is 4.50. The topological polar surface area (TPSA) is 109 Å². The Kier molecular flexibility index (Phi) is 3.56. The molecular formula is C8H9N3O4S. The fraction of sp³-hybridized carbons (Fsp3) is 0.125. The van der Waals surface area contributed by atoms with Gasteiger partial charge < -0.3 is 5.11 Å². The van der Waals surface area contributed by atoms with Crippen LogP contribution in [0.3, 0.4) is 0 Å². The van der Waals surface area contributed by atoms with E-state index in [1.165, 1.54) is 12.3 Å². The zero-order valence-electron chi connectivity index (χ0n) is 8.12. The molecule has 1 heterocycles. The summed E-state index contributed by atoms with van der Waals surface area (Å²) < 4.78 is 24.7. The first-order chi connectivity index (χ1) is 7.46. The molecule has 86 valence electrons. The molecule has 0 bridgehead atoms. The molecule has 0 aromatic carbocycles. The van der Waals surface area contributed by atoms with E-state index in [1.54, 1.807) is 0 Å². The van der Waals surface area contributed by atoms with Crippen LogP contribution in [0.2, 0.25) is 0 Å². The highest BCUT2D eigenvalue weighted by Gasteiger charge is 2.17. The van der Waals surface area contributed by atoms with Crippen LogP contribution in [0.15, 0.2) is 25.0 Å². The van der Waals surface area contributed by atoms with Gasteiger partial charge in [0.05, 0.1) is 5.75 Å². The van der Waals surface area contributed by atoms with E-state index >= 15 is 0 Å². The smallest absolute Gasteiger partial charge is 0.358 e. The van der Waals surface area contributed by atoms with Gasteiger partial charge in [0.2, 0.25) is 10.0 Å². The van der Waals surface area contributed by atoms with Crippen molar-refractivity contribution >= 4 is 21.8 Å². The molecule has 0 unspecified atom stereocenters. The average Bonchev–Trinajstić information content (AvgIpc) is 2.17. The standard InChI is InChI=1S/C8H9N3O4S/c1-2-5-16(14,15)11-7-6(8(12)13)9-3-4-10-7/h2-4H,1,5H2,(H,10,11)(H,12,13). The Morgan fingerprint density at radius 2 is 2.12 bits per heavy atom. The van der Waals surface area contributed by atoms with E-state index in [1.807, 2.05) is 4.72 Å². The van der Waals surface area contributed by atoms with E-state index in [9.17, 15) is 13.2 Å². The van der Waals surface area contributed by atoms with Gasteiger partial charge in [-0.1, -0.05) is 6.08 Å². The molecule has 2 N–H and O–H groups in total. The van der Waals surface area contributed by atoms with Crippen molar-refractivity contribution in [3.63, 3.8) is 0 Å². The van der Waals surface area contributed by atoms with Crippen LogP contribution in [-0.2, 0) is 10.0 Å². The zero-order chi connectivity index (χ0) is 12.2. The van der Waals surface area contributed by atoms with Gasteiger partial charge in [-0.2, -0.15) is 0 Å². The molecule has 8 heteroatoms. The lowest BCUT2D eigenvalue weighted by molar-refractivity contribution is 0.0691. The highest BCUT2D eigenvalue weighted by molar-refractivity contribution is 7.92. The van der Waals surface area contributed by atoms with Crippen molar-refractivity contribution in [1.29, 1.82) is 0 Å². The number of anilines is 1. The summed E-state index contributed by atoms with van der Waals surface area (Å²) in [6, 6.07) is 0. The molecule has 1 aromatic rings. The van der Waals surface area contributed by atoms with Crippen molar-refractivity contribution in [3.8, 4) is 0 Å². The summed E-state index contributed by atoms with van der Waals surface area (Å²) in [5.74, 6) is -2.00. The van der Waals surface area contributed by atoms with Gasteiger partial charge in [0, 0.05) is 12.4 Å². The van der Waals surface area contributed by atoms with Gasteiger partial charge in [-0.05, 0) is 0 Å². The number of sulfonamides is 1. The van der Waals surface area contributed by atoms with Crippen LogP contribution in [-0.4, -0.2) is 35.2 Å². The second kappa shape index (κ2) is 4.71. The molecule has 0 aliphatic heterocycles. The average molecular weight is 243 g/mol. The van der Waals surface area contributed by atoms with Crippen LogP contribution in [0.25, 0.3) is 0 Å². The van der Waals surface area contributed by atoms with Crippen molar-refractivity contribution in [2.45, 2.75) is 0 Å². The van der Waals surface area contributed by atoms with E-state index in [2.05, 4.69) is 16.5 Å². The number of rotatable bonds is 5. The molecular weight excluding hydrogens is 234 g/mol. The monoisotopic (exact) mass is 243 g/mol. The van der Waals surface area contributed by atoms with Gasteiger partial charge in [-0.25, -0.2) is 23.2 Å². The highest BCUT2D eigenvalue weighted by Crippen LogP contribution is 2.10. The lowest BCUT2D eigenvalue weighted by Gasteiger charge is -2.06. The fourth-order valence-electron chi connectivity index (χ4n) is 0.913. The maximum Gasteiger partial charge on any atom is 0.358 e. The maximum absolute atomic E-state index is 11.3. The highest BCUT2D eigenvalue weighted by atomic mass is 32.2. The number of carbonyl (C=O) groups is 1. The van der Waals surface area contributed by atoms with Crippen LogP contribution < -0.4 is 4.72 Å². The lowest BCUT2D eigenvalue weighted by atomic mass is 10.4. The lowest BCUT2D eigenvalue weighted by Crippen LogP contribution is -2.19. The number of carboxylic acid groups (broad SMARTS) is 1. The first-order valence-electron chi connectivity index (χ1n) is 4.12. The number of nitrogens with one attached hydrogen (secondary N) is 1. The third-order valence-electron chi connectivity index (χ3n) is 1.49. The van der Waals surface area contributed by atoms with Crippen LogP contribution in [0.4, 0.5) is 5.82 Å². The van der Waals surface area contributed by atoms with E-state index in [0.29, 0.717) is 0 Å². The van der Waals surface area contributed by atoms with Crippen LogP contribution >= 0.6 is 0 Å². The predicted octanol–water partition coefficient (Wildman–Crippen LogP) is 0.102. The molecule has 0 atom stereocenters. The Morgan fingerprint density at radius 1 is 1.50 bits per heavy atom. The van der Waals surface area contributed by atoms with Crippen molar-refractivity contribution < 1.29 is 18.3 Å². The fourth-order valence-corrected chi connectivity index (χ4v) is 1.75. The van der Waals surface area contributed by atoms with Gasteiger partial charge in [0.15, 0.2) is 11.5 Å². The minimum absolute atomic E-state index is 0.308. The Morgan fingerprint density at radius 3 is 2.69 bits per heavy atom. The Hall–Kier alpha value is -1.96. The van der Waals surface area contributed by atoms with Gasteiger partial charge in [-0.15, -0.1) is 6.58 Å². The van der Waals surface area contributed by atoms with Crippen LogP contribution in [0.5, 0.6) is 0 Å². The molecule has 0 saturated carbocycles. The van der Waals surface area contributed by atoms with Crippen molar-refractivity contribution in [3.05, 3.63) is 30.7 Å². The summed E-state index contributed by atoms with van der Waals surface area (Å²) in [7, 11) is -3.67. The van der Waals surface area contributed by atoms with Crippen molar-refractivity contribution in [1.82, 2.24) is 9.97 Å². The first-order valence-corrected chi connectivity index (χ1v) is 5.77. The van der Waals surface area contributed by atoms with Gasteiger partial charge in [0.25, 0.3) is 0 Å². The van der Waals surface area contributed by atoms with Crippen molar-refractivity contribution in [2.75, 3.05) is 10.5 Å². The molecule has 0 aliphatic carbocycles. The Bertz CT molecular complexity index is 512. The van der Waals surface area contributed by atoms with E-state index in [-0.39, 0.29) is 11.6 Å². The normalized spacial score (nSPS) is 10.8. The summed E-state index contributed by atoms with van der Waals surface area (Å²) in [6.45, 7) is 3.27. The molecule has 1 rings (SSSR count).